The van der Waals surface area contributed by atoms with Crippen molar-refractivity contribution in [2.75, 3.05) is 51.2 Å². The van der Waals surface area contributed by atoms with Crippen molar-refractivity contribution >= 4 is 11.8 Å². The summed E-state index contributed by atoms with van der Waals surface area (Å²) in [4.78, 5) is 27.9. The Morgan fingerprint density at radius 2 is 1.93 bits per heavy atom. The SMILES string of the molecule is Cc1cc(N2CC[C@H](N3CCN(C)CC3)[C@H](CCC(=O)O)C2)nc(C(C)C)n1. The number of carbonyl (C=O) groups is 1. The van der Waals surface area contributed by atoms with Crippen molar-refractivity contribution < 1.29 is 9.90 Å². The highest BCUT2D eigenvalue weighted by molar-refractivity contribution is 5.66. The lowest BCUT2D eigenvalue weighted by Gasteiger charge is -2.46. The Morgan fingerprint density at radius 3 is 2.57 bits per heavy atom. The van der Waals surface area contributed by atoms with Gasteiger partial charge in [0.15, 0.2) is 0 Å². The second-order valence-corrected chi connectivity index (χ2v) is 8.71. The van der Waals surface area contributed by atoms with Gasteiger partial charge in [0.25, 0.3) is 0 Å². The summed E-state index contributed by atoms with van der Waals surface area (Å²) in [5.74, 6) is 1.83. The lowest BCUT2D eigenvalue weighted by molar-refractivity contribution is -0.137. The number of likely N-dealkylation sites (N-methyl/N-ethyl adjacent to an activating group) is 1. The van der Waals surface area contributed by atoms with Crippen molar-refractivity contribution in [2.24, 2.45) is 5.92 Å². The number of piperazine rings is 1. The van der Waals surface area contributed by atoms with Crippen LogP contribution >= 0.6 is 0 Å². The third-order valence-electron chi connectivity index (χ3n) is 6.13. The van der Waals surface area contributed by atoms with Gasteiger partial charge in [0, 0.05) is 69.4 Å². The van der Waals surface area contributed by atoms with Crippen LogP contribution in [-0.4, -0.2) is 83.2 Å². The molecule has 7 heteroatoms. The molecule has 0 bridgehead atoms. The fourth-order valence-corrected chi connectivity index (χ4v) is 4.45. The number of aromatic nitrogens is 2. The Kier molecular flexibility index (Phi) is 6.88. The Bertz CT molecular complexity index is 673. The smallest absolute Gasteiger partial charge is 0.303 e. The lowest BCUT2D eigenvalue weighted by Crippen LogP contribution is -2.56. The summed E-state index contributed by atoms with van der Waals surface area (Å²) < 4.78 is 0. The van der Waals surface area contributed by atoms with Gasteiger partial charge in [-0.15, -0.1) is 0 Å². The number of anilines is 1. The second kappa shape index (κ2) is 9.18. The molecule has 0 radical (unpaired) electrons. The molecule has 2 saturated heterocycles. The monoisotopic (exact) mass is 389 g/mol. The van der Waals surface area contributed by atoms with Crippen LogP contribution in [0.5, 0.6) is 0 Å². The first-order valence-corrected chi connectivity index (χ1v) is 10.6. The van der Waals surface area contributed by atoms with E-state index in [1.54, 1.807) is 0 Å². The van der Waals surface area contributed by atoms with Crippen LogP contribution in [0.1, 0.15) is 50.5 Å². The van der Waals surface area contributed by atoms with Crippen molar-refractivity contribution in [2.45, 2.75) is 52.0 Å². The number of aryl methyl sites for hydroxylation is 1. The molecule has 2 aliphatic rings. The van der Waals surface area contributed by atoms with E-state index in [2.05, 4.69) is 46.6 Å². The van der Waals surface area contributed by atoms with E-state index >= 15 is 0 Å². The van der Waals surface area contributed by atoms with Gasteiger partial charge in [0.05, 0.1) is 0 Å². The molecule has 7 nitrogen and oxygen atoms in total. The molecule has 156 valence electrons. The summed E-state index contributed by atoms with van der Waals surface area (Å²) in [5.41, 5.74) is 0.997. The predicted octanol–water partition coefficient (Wildman–Crippen LogP) is 2.22. The zero-order valence-corrected chi connectivity index (χ0v) is 17.8. The van der Waals surface area contributed by atoms with Gasteiger partial charge in [0.2, 0.25) is 0 Å². The molecule has 2 fully saturated rings. The molecular weight excluding hydrogens is 354 g/mol. The number of rotatable bonds is 6. The first-order chi connectivity index (χ1) is 13.3. The molecule has 1 aromatic rings. The maximum absolute atomic E-state index is 11.2. The Hall–Kier alpha value is -1.73. The second-order valence-electron chi connectivity index (χ2n) is 8.71. The fourth-order valence-electron chi connectivity index (χ4n) is 4.45. The molecule has 28 heavy (non-hydrogen) atoms. The number of piperidine rings is 1. The third-order valence-corrected chi connectivity index (χ3v) is 6.13. The summed E-state index contributed by atoms with van der Waals surface area (Å²) in [6.07, 6.45) is 2.03. The Labute approximate surface area is 168 Å². The molecule has 0 aliphatic carbocycles. The van der Waals surface area contributed by atoms with Crippen LogP contribution in [0.4, 0.5) is 5.82 Å². The number of nitrogens with zero attached hydrogens (tertiary/aromatic N) is 5. The maximum Gasteiger partial charge on any atom is 0.303 e. The van der Waals surface area contributed by atoms with Crippen LogP contribution in [0, 0.1) is 12.8 Å². The van der Waals surface area contributed by atoms with Gasteiger partial charge in [-0.25, -0.2) is 9.97 Å². The van der Waals surface area contributed by atoms with Crippen LogP contribution in [-0.2, 0) is 4.79 Å². The molecule has 1 aromatic heterocycles. The summed E-state index contributed by atoms with van der Waals surface area (Å²) in [6.45, 7) is 12.4. The zero-order chi connectivity index (χ0) is 20.3. The van der Waals surface area contributed by atoms with Crippen LogP contribution in [0.2, 0.25) is 0 Å². The molecule has 2 atom stereocenters. The van der Waals surface area contributed by atoms with E-state index in [-0.39, 0.29) is 6.42 Å². The largest absolute Gasteiger partial charge is 0.481 e. The highest BCUT2D eigenvalue weighted by atomic mass is 16.4. The van der Waals surface area contributed by atoms with Crippen molar-refractivity contribution in [1.82, 2.24) is 19.8 Å². The van der Waals surface area contributed by atoms with E-state index < -0.39 is 5.97 Å². The summed E-state index contributed by atoms with van der Waals surface area (Å²) in [7, 11) is 2.17. The molecule has 0 amide bonds. The van der Waals surface area contributed by atoms with Crippen molar-refractivity contribution in [3.63, 3.8) is 0 Å². The van der Waals surface area contributed by atoms with Gasteiger partial charge in [-0.2, -0.15) is 0 Å². The molecule has 0 spiro atoms. The molecule has 0 unspecified atom stereocenters. The van der Waals surface area contributed by atoms with Gasteiger partial charge in [-0.3, -0.25) is 9.69 Å². The topological polar surface area (TPSA) is 72.8 Å². The number of hydrogen-bond donors (Lipinski definition) is 1. The highest BCUT2D eigenvalue weighted by Gasteiger charge is 2.35. The standard InChI is InChI=1S/C21H35N5O2/c1-15(2)21-22-16(3)13-19(23-21)26-8-7-18(17(14-26)5-6-20(27)28)25-11-9-24(4)10-12-25/h13,15,17-18H,5-12,14H2,1-4H3,(H,27,28)/t17-,18+/m1/s1. The van der Waals surface area contributed by atoms with Crippen LogP contribution in [0.3, 0.4) is 0 Å². The number of aliphatic carboxylic acids is 1. The first kappa shape index (κ1) is 21.0. The van der Waals surface area contributed by atoms with Crippen molar-refractivity contribution in [3.05, 3.63) is 17.6 Å². The predicted molar refractivity (Wildman–Crippen MR) is 111 cm³/mol. The lowest BCUT2D eigenvalue weighted by atomic mass is 9.86. The van der Waals surface area contributed by atoms with E-state index in [1.807, 2.05) is 6.92 Å². The fraction of sp³-hybridized carbons (Fsp3) is 0.762. The highest BCUT2D eigenvalue weighted by Crippen LogP contribution is 2.30. The third kappa shape index (κ3) is 5.20. The van der Waals surface area contributed by atoms with E-state index in [0.29, 0.717) is 17.9 Å². The van der Waals surface area contributed by atoms with Crippen molar-refractivity contribution in [1.29, 1.82) is 0 Å². The maximum atomic E-state index is 11.2. The van der Waals surface area contributed by atoms with Gasteiger partial charge in [0.1, 0.15) is 11.6 Å². The molecule has 0 aromatic carbocycles. The van der Waals surface area contributed by atoms with Crippen LogP contribution < -0.4 is 4.90 Å². The quantitative estimate of drug-likeness (QED) is 0.800. The molecule has 2 aliphatic heterocycles. The Balaban J connectivity index is 1.75. The van der Waals surface area contributed by atoms with Gasteiger partial charge in [-0.05, 0) is 32.7 Å². The van der Waals surface area contributed by atoms with E-state index in [1.165, 1.54) is 0 Å². The zero-order valence-electron chi connectivity index (χ0n) is 17.8. The van der Waals surface area contributed by atoms with Gasteiger partial charge in [-0.1, -0.05) is 13.8 Å². The van der Waals surface area contributed by atoms with Crippen LogP contribution in [0.25, 0.3) is 0 Å². The summed E-state index contributed by atoms with van der Waals surface area (Å²) in [6, 6.07) is 2.54. The molecule has 1 N–H and O–H groups in total. The molecule has 0 saturated carbocycles. The van der Waals surface area contributed by atoms with Gasteiger partial charge < -0.3 is 14.9 Å². The summed E-state index contributed by atoms with van der Waals surface area (Å²) in [5, 5.41) is 9.24. The van der Waals surface area contributed by atoms with E-state index in [9.17, 15) is 9.90 Å². The normalized spacial score (nSPS) is 24.7. The summed E-state index contributed by atoms with van der Waals surface area (Å²) >= 11 is 0. The molecule has 3 heterocycles. The number of carboxylic acid groups (broad SMARTS) is 1. The first-order valence-electron chi connectivity index (χ1n) is 10.6. The molecular formula is C21H35N5O2. The van der Waals surface area contributed by atoms with E-state index in [4.69, 9.17) is 4.98 Å². The minimum absolute atomic E-state index is 0.239. The minimum atomic E-state index is -0.700. The van der Waals surface area contributed by atoms with Gasteiger partial charge >= 0.3 is 5.97 Å². The number of hydrogen-bond acceptors (Lipinski definition) is 6. The Morgan fingerprint density at radius 1 is 1.21 bits per heavy atom. The average molecular weight is 390 g/mol. The van der Waals surface area contributed by atoms with Crippen LogP contribution in [0.15, 0.2) is 6.07 Å². The van der Waals surface area contributed by atoms with E-state index in [0.717, 1.165) is 69.4 Å². The minimum Gasteiger partial charge on any atom is -0.481 e. The molecule has 3 rings (SSSR count). The number of carboxylic acids is 1. The average Bonchev–Trinajstić information content (AvgIpc) is 2.66. The van der Waals surface area contributed by atoms with Crippen molar-refractivity contribution in [3.8, 4) is 0 Å².